The minimum absolute atomic E-state index is 0.188. The summed E-state index contributed by atoms with van der Waals surface area (Å²) in [4.78, 5) is 19.3. The number of amides is 1. The molecule has 0 radical (unpaired) electrons. The SMILES string of the molecule is CCCCCCSc1nnc2c(n1)O[C@@H](c1ccc(OC)cc1OC)N(C(C)=O)c1ccccc1-2. The van der Waals surface area contributed by atoms with Crippen LogP contribution in [0, 0.1) is 0 Å². The van der Waals surface area contributed by atoms with Gasteiger partial charge in [-0.1, -0.05) is 56.1 Å². The van der Waals surface area contributed by atoms with Crippen LogP contribution in [-0.4, -0.2) is 41.1 Å². The van der Waals surface area contributed by atoms with E-state index in [2.05, 4.69) is 17.1 Å². The normalized spacial score (nSPS) is 14.4. The third kappa shape index (κ3) is 5.35. The lowest BCUT2D eigenvalue weighted by atomic mass is 10.1. The summed E-state index contributed by atoms with van der Waals surface area (Å²) in [5, 5.41) is 9.38. The smallest absolute Gasteiger partial charge is 0.247 e. The summed E-state index contributed by atoms with van der Waals surface area (Å²) in [7, 11) is 3.17. The number of fused-ring (bicyclic) bond motifs is 3. The Morgan fingerprint density at radius 3 is 2.66 bits per heavy atom. The second-order valence-corrected chi connectivity index (χ2v) is 9.20. The quantitative estimate of drug-likeness (QED) is 0.278. The maximum atomic E-state index is 13.0. The molecule has 1 aliphatic heterocycles. The van der Waals surface area contributed by atoms with E-state index in [1.54, 1.807) is 36.9 Å². The van der Waals surface area contributed by atoms with Crippen LogP contribution in [-0.2, 0) is 4.79 Å². The standard InChI is InChI=1S/C26H30N4O4S/c1-5-6-7-10-15-35-26-27-24-23(28-29-26)19-11-8-9-12-21(19)30(17(2)31)25(34-24)20-14-13-18(32-3)16-22(20)33-4/h8-9,11-14,16,25H,5-7,10,15H2,1-4H3/t25-/m0/s1. The number of aromatic nitrogens is 3. The fourth-order valence-corrected chi connectivity index (χ4v) is 4.81. The van der Waals surface area contributed by atoms with Crippen molar-refractivity contribution in [1.29, 1.82) is 0 Å². The Hall–Kier alpha value is -3.33. The second-order valence-electron chi connectivity index (χ2n) is 8.14. The molecule has 0 bridgehead atoms. The molecule has 184 valence electrons. The van der Waals surface area contributed by atoms with Crippen molar-refractivity contribution in [1.82, 2.24) is 15.2 Å². The number of rotatable bonds is 9. The number of carbonyl (C=O) groups is 1. The molecular weight excluding hydrogens is 464 g/mol. The third-order valence-electron chi connectivity index (χ3n) is 5.79. The largest absolute Gasteiger partial charge is 0.497 e. The zero-order valence-corrected chi connectivity index (χ0v) is 21.3. The number of methoxy groups -OCH3 is 2. The van der Waals surface area contributed by atoms with Gasteiger partial charge < -0.3 is 14.2 Å². The summed E-state index contributed by atoms with van der Waals surface area (Å²) in [6.07, 6.45) is 3.86. The van der Waals surface area contributed by atoms with Gasteiger partial charge in [-0.3, -0.25) is 9.69 Å². The monoisotopic (exact) mass is 494 g/mol. The van der Waals surface area contributed by atoms with Crippen LogP contribution in [0.4, 0.5) is 5.69 Å². The highest BCUT2D eigenvalue weighted by molar-refractivity contribution is 7.99. The van der Waals surface area contributed by atoms with Crippen molar-refractivity contribution < 1.29 is 19.0 Å². The first kappa shape index (κ1) is 24.8. The fraction of sp³-hybridized carbons (Fsp3) is 0.385. The van der Waals surface area contributed by atoms with Gasteiger partial charge in [0.15, 0.2) is 5.69 Å². The van der Waals surface area contributed by atoms with E-state index in [0.29, 0.717) is 39.5 Å². The van der Waals surface area contributed by atoms with Crippen molar-refractivity contribution >= 4 is 23.4 Å². The van der Waals surface area contributed by atoms with E-state index in [1.807, 2.05) is 36.4 Å². The summed E-state index contributed by atoms with van der Waals surface area (Å²) in [6, 6.07) is 13.0. The van der Waals surface area contributed by atoms with Crippen molar-refractivity contribution in [2.45, 2.75) is 50.9 Å². The Labute approximate surface area is 210 Å². The van der Waals surface area contributed by atoms with E-state index >= 15 is 0 Å². The van der Waals surface area contributed by atoms with Gasteiger partial charge in [0.2, 0.25) is 23.2 Å². The minimum atomic E-state index is -0.824. The number of anilines is 1. The number of para-hydroxylation sites is 1. The Kier molecular flexibility index (Phi) is 8.07. The predicted octanol–water partition coefficient (Wildman–Crippen LogP) is 5.67. The summed E-state index contributed by atoms with van der Waals surface area (Å²) < 4.78 is 17.5. The first-order chi connectivity index (χ1) is 17.1. The first-order valence-electron chi connectivity index (χ1n) is 11.7. The van der Waals surface area contributed by atoms with Crippen molar-refractivity contribution in [3.8, 4) is 28.6 Å². The molecule has 1 aromatic heterocycles. The lowest BCUT2D eigenvalue weighted by molar-refractivity contribution is -0.118. The number of carbonyl (C=O) groups excluding carboxylic acids is 1. The van der Waals surface area contributed by atoms with Gasteiger partial charge in [-0.25, -0.2) is 0 Å². The van der Waals surface area contributed by atoms with Crippen LogP contribution in [0.3, 0.4) is 0 Å². The van der Waals surface area contributed by atoms with Crippen molar-refractivity contribution in [3.05, 3.63) is 48.0 Å². The Morgan fingerprint density at radius 1 is 1.09 bits per heavy atom. The summed E-state index contributed by atoms with van der Waals surface area (Å²) in [6.45, 7) is 3.70. The van der Waals surface area contributed by atoms with Crippen LogP contribution in [0.2, 0.25) is 0 Å². The molecule has 0 N–H and O–H groups in total. The van der Waals surface area contributed by atoms with E-state index in [0.717, 1.165) is 17.7 Å². The highest BCUT2D eigenvalue weighted by Gasteiger charge is 2.36. The Bertz CT molecular complexity index is 1190. The first-order valence-corrected chi connectivity index (χ1v) is 12.7. The van der Waals surface area contributed by atoms with Gasteiger partial charge in [0.05, 0.1) is 25.5 Å². The molecule has 4 rings (SSSR count). The molecule has 1 amide bonds. The molecule has 0 saturated carbocycles. The van der Waals surface area contributed by atoms with E-state index in [9.17, 15) is 4.79 Å². The molecule has 2 heterocycles. The van der Waals surface area contributed by atoms with Gasteiger partial charge in [-0.15, -0.1) is 10.2 Å². The number of nitrogens with zero attached hydrogens (tertiary/aromatic N) is 4. The maximum absolute atomic E-state index is 13.0. The predicted molar refractivity (Wildman–Crippen MR) is 136 cm³/mol. The number of unbranched alkanes of at least 4 members (excludes halogenated alkanes) is 3. The topological polar surface area (TPSA) is 86.7 Å². The second kappa shape index (κ2) is 11.4. The van der Waals surface area contributed by atoms with Crippen molar-refractivity contribution in [2.75, 3.05) is 24.9 Å². The van der Waals surface area contributed by atoms with Crippen LogP contribution in [0.1, 0.15) is 51.3 Å². The molecule has 1 atom stereocenters. The summed E-state index contributed by atoms with van der Waals surface area (Å²) in [5.41, 5.74) is 2.56. The van der Waals surface area contributed by atoms with Gasteiger partial charge in [-0.05, 0) is 24.6 Å². The third-order valence-corrected chi connectivity index (χ3v) is 6.71. The summed E-state index contributed by atoms with van der Waals surface area (Å²) >= 11 is 1.56. The molecule has 9 heteroatoms. The Morgan fingerprint density at radius 2 is 1.91 bits per heavy atom. The highest BCUT2D eigenvalue weighted by Crippen LogP contribution is 2.45. The Balaban J connectivity index is 1.78. The molecule has 0 aliphatic carbocycles. The van der Waals surface area contributed by atoms with Gasteiger partial charge in [0.25, 0.3) is 0 Å². The average molecular weight is 495 g/mol. The van der Waals surface area contributed by atoms with Crippen LogP contribution in [0.15, 0.2) is 47.6 Å². The zero-order chi connectivity index (χ0) is 24.8. The zero-order valence-electron chi connectivity index (χ0n) is 20.5. The molecular formula is C26H30N4O4S. The van der Waals surface area contributed by atoms with E-state index in [4.69, 9.17) is 19.2 Å². The molecule has 1 aliphatic rings. The van der Waals surface area contributed by atoms with Crippen molar-refractivity contribution in [3.63, 3.8) is 0 Å². The van der Waals surface area contributed by atoms with E-state index in [1.165, 1.54) is 26.2 Å². The van der Waals surface area contributed by atoms with Gasteiger partial charge in [0.1, 0.15) is 11.5 Å². The molecule has 0 saturated heterocycles. The number of benzene rings is 2. The molecule has 2 aromatic carbocycles. The van der Waals surface area contributed by atoms with Gasteiger partial charge in [-0.2, -0.15) is 4.98 Å². The molecule has 3 aromatic rings. The molecule has 0 fully saturated rings. The van der Waals surface area contributed by atoms with Crippen LogP contribution < -0.4 is 19.1 Å². The lowest BCUT2D eigenvalue weighted by Crippen LogP contribution is -2.36. The van der Waals surface area contributed by atoms with E-state index in [-0.39, 0.29) is 5.91 Å². The summed E-state index contributed by atoms with van der Waals surface area (Å²) in [5.74, 6) is 2.22. The minimum Gasteiger partial charge on any atom is -0.497 e. The number of thioether (sulfide) groups is 1. The lowest BCUT2D eigenvalue weighted by Gasteiger charge is -2.30. The van der Waals surface area contributed by atoms with Crippen LogP contribution in [0.5, 0.6) is 17.4 Å². The number of ether oxygens (including phenoxy) is 3. The molecule has 0 unspecified atom stereocenters. The molecule has 35 heavy (non-hydrogen) atoms. The number of hydrogen-bond donors (Lipinski definition) is 0. The molecule has 0 spiro atoms. The van der Waals surface area contributed by atoms with Crippen LogP contribution in [0.25, 0.3) is 11.3 Å². The van der Waals surface area contributed by atoms with E-state index < -0.39 is 6.23 Å². The highest BCUT2D eigenvalue weighted by atomic mass is 32.2. The fourth-order valence-electron chi connectivity index (χ4n) is 4.03. The molecule has 8 nitrogen and oxygen atoms in total. The van der Waals surface area contributed by atoms with Gasteiger partial charge in [0, 0.05) is 24.3 Å². The van der Waals surface area contributed by atoms with Crippen molar-refractivity contribution in [2.24, 2.45) is 0 Å². The maximum Gasteiger partial charge on any atom is 0.247 e. The number of hydrogen-bond acceptors (Lipinski definition) is 8. The average Bonchev–Trinajstić information content (AvgIpc) is 3.02. The van der Waals surface area contributed by atoms with Gasteiger partial charge >= 0.3 is 0 Å². The van der Waals surface area contributed by atoms with Crippen LogP contribution >= 0.6 is 11.8 Å².